The summed E-state index contributed by atoms with van der Waals surface area (Å²) in [7, 11) is 0. The van der Waals surface area contributed by atoms with Crippen LogP contribution in [0.25, 0.3) is 0 Å². The van der Waals surface area contributed by atoms with E-state index in [1.54, 1.807) is 0 Å². The van der Waals surface area contributed by atoms with Crippen LogP contribution in [0.15, 0.2) is 18.2 Å². The Balaban J connectivity index is 2.87. The van der Waals surface area contributed by atoms with Crippen LogP contribution in [0.3, 0.4) is 0 Å². The van der Waals surface area contributed by atoms with E-state index >= 15 is 0 Å². The van der Waals surface area contributed by atoms with Gasteiger partial charge < -0.3 is 5.32 Å². The molecule has 1 aromatic rings. The lowest BCUT2D eigenvalue weighted by Crippen LogP contribution is -2.36. The fourth-order valence-electron chi connectivity index (χ4n) is 2.82. The largest absolute Gasteiger partial charge is 0.316 e. The second kappa shape index (κ2) is 9.42. The number of hydrogen-bond donors (Lipinski definition) is 1. The third-order valence-corrected chi connectivity index (χ3v) is 4.67. The number of rotatable bonds is 10. The summed E-state index contributed by atoms with van der Waals surface area (Å²) in [6, 6.07) is 4.78. The van der Waals surface area contributed by atoms with E-state index in [0.717, 1.165) is 37.9 Å². The molecular weight excluding hydrogens is 285 g/mol. The topological polar surface area (TPSA) is 12.0 Å². The van der Waals surface area contributed by atoms with Crippen LogP contribution >= 0.6 is 11.6 Å². The average molecular weight is 314 g/mol. The molecule has 1 atom stereocenters. The van der Waals surface area contributed by atoms with Crippen molar-refractivity contribution in [3.63, 3.8) is 0 Å². The van der Waals surface area contributed by atoms with E-state index in [1.165, 1.54) is 31.4 Å². The number of benzene rings is 1. The van der Waals surface area contributed by atoms with Gasteiger partial charge in [-0.15, -0.1) is 0 Å². The van der Waals surface area contributed by atoms with Crippen LogP contribution in [0, 0.1) is 11.2 Å². The molecule has 0 radical (unpaired) electrons. The molecule has 0 aliphatic heterocycles. The molecule has 21 heavy (non-hydrogen) atoms. The first kappa shape index (κ1) is 18.4. The molecule has 1 N–H and O–H groups in total. The second-order valence-electron chi connectivity index (χ2n) is 6.05. The molecule has 0 fully saturated rings. The van der Waals surface area contributed by atoms with Gasteiger partial charge in [0.2, 0.25) is 0 Å². The molecule has 1 nitrogen and oxygen atoms in total. The molecule has 3 heteroatoms. The second-order valence-corrected chi connectivity index (χ2v) is 6.45. The van der Waals surface area contributed by atoms with Gasteiger partial charge in [-0.1, -0.05) is 51.3 Å². The van der Waals surface area contributed by atoms with E-state index in [2.05, 4.69) is 26.1 Å². The van der Waals surface area contributed by atoms with E-state index in [4.69, 9.17) is 11.6 Å². The van der Waals surface area contributed by atoms with Crippen molar-refractivity contribution in [3.05, 3.63) is 34.6 Å². The normalized spacial score (nSPS) is 14.1. The van der Waals surface area contributed by atoms with E-state index in [-0.39, 0.29) is 11.2 Å². The SMILES string of the molecule is CCCCC(CC)(CNCCC)Cc1ccc(F)cc1Cl. The molecule has 0 saturated carbocycles. The van der Waals surface area contributed by atoms with E-state index in [1.807, 2.05) is 6.07 Å². The van der Waals surface area contributed by atoms with Gasteiger partial charge in [-0.25, -0.2) is 4.39 Å². The smallest absolute Gasteiger partial charge is 0.124 e. The number of unbranched alkanes of at least 4 members (excludes halogenated alkanes) is 1. The van der Waals surface area contributed by atoms with E-state index in [0.29, 0.717) is 5.02 Å². The highest BCUT2D eigenvalue weighted by molar-refractivity contribution is 6.31. The summed E-state index contributed by atoms with van der Waals surface area (Å²) in [5, 5.41) is 4.13. The van der Waals surface area contributed by atoms with Crippen molar-refractivity contribution in [1.82, 2.24) is 5.32 Å². The van der Waals surface area contributed by atoms with Gasteiger partial charge in [0.25, 0.3) is 0 Å². The highest BCUT2D eigenvalue weighted by Gasteiger charge is 2.28. The Labute approximate surface area is 134 Å². The Hall–Kier alpha value is -0.600. The molecule has 0 bridgehead atoms. The van der Waals surface area contributed by atoms with Gasteiger partial charge >= 0.3 is 0 Å². The Morgan fingerprint density at radius 3 is 2.52 bits per heavy atom. The summed E-state index contributed by atoms with van der Waals surface area (Å²) in [6.45, 7) is 8.71. The third-order valence-electron chi connectivity index (χ3n) is 4.32. The molecule has 0 saturated heterocycles. The van der Waals surface area contributed by atoms with Gasteiger partial charge in [0.05, 0.1) is 0 Å². The first-order chi connectivity index (χ1) is 10.1. The van der Waals surface area contributed by atoms with Gasteiger partial charge in [-0.05, 0) is 55.3 Å². The minimum Gasteiger partial charge on any atom is -0.316 e. The summed E-state index contributed by atoms with van der Waals surface area (Å²) in [6.07, 6.45) is 6.78. The minimum atomic E-state index is -0.261. The van der Waals surface area contributed by atoms with Crippen molar-refractivity contribution < 1.29 is 4.39 Å². The standard InChI is InChI=1S/C18H29ClFN/c1-4-7-10-18(6-3,14-21-11-5-2)13-15-8-9-16(20)12-17(15)19/h8-9,12,21H,4-7,10-11,13-14H2,1-3H3. The van der Waals surface area contributed by atoms with Crippen LogP contribution in [-0.4, -0.2) is 13.1 Å². The molecule has 0 amide bonds. The first-order valence-electron chi connectivity index (χ1n) is 8.21. The molecule has 0 spiro atoms. The summed E-state index contributed by atoms with van der Waals surface area (Å²) in [5.41, 5.74) is 1.28. The molecule has 0 aliphatic carbocycles. The molecule has 0 aliphatic rings. The summed E-state index contributed by atoms with van der Waals surface area (Å²) >= 11 is 6.23. The predicted molar refractivity (Wildman–Crippen MR) is 90.5 cm³/mol. The van der Waals surface area contributed by atoms with Gasteiger partial charge in [0, 0.05) is 11.6 Å². The van der Waals surface area contributed by atoms with Crippen LogP contribution in [0.2, 0.25) is 5.02 Å². The minimum absolute atomic E-state index is 0.215. The lowest BCUT2D eigenvalue weighted by molar-refractivity contribution is 0.229. The summed E-state index contributed by atoms with van der Waals surface area (Å²) in [5.74, 6) is -0.261. The Morgan fingerprint density at radius 1 is 1.19 bits per heavy atom. The molecule has 0 aromatic heterocycles. The molecule has 1 aromatic carbocycles. The first-order valence-corrected chi connectivity index (χ1v) is 8.59. The zero-order valence-corrected chi connectivity index (χ0v) is 14.4. The van der Waals surface area contributed by atoms with Gasteiger partial charge in [0.1, 0.15) is 5.82 Å². The van der Waals surface area contributed by atoms with E-state index in [9.17, 15) is 4.39 Å². The molecular formula is C18H29ClFN. The number of nitrogens with one attached hydrogen (secondary N) is 1. The van der Waals surface area contributed by atoms with Crippen LogP contribution < -0.4 is 5.32 Å². The predicted octanol–water partition coefficient (Wildman–Crippen LogP) is 5.61. The number of halogens is 2. The molecule has 0 heterocycles. The summed E-state index contributed by atoms with van der Waals surface area (Å²) in [4.78, 5) is 0. The third kappa shape index (κ3) is 5.96. The van der Waals surface area contributed by atoms with Crippen molar-refractivity contribution in [3.8, 4) is 0 Å². The van der Waals surface area contributed by atoms with Gasteiger partial charge in [-0.2, -0.15) is 0 Å². The maximum Gasteiger partial charge on any atom is 0.124 e. The maximum absolute atomic E-state index is 13.2. The van der Waals surface area contributed by atoms with Gasteiger partial charge in [0.15, 0.2) is 0 Å². The quantitative estimate of drug-likeness (QED) is 0.554. The van der Waals surface area contributed by atoms with Crippen molar-refractivity contribution in [2.75, 3.05) is 13.1 Å². The van der Waals surface area contributed by atoms with Crippen molar-refractivity contribution in [2.45, 2.75) is 59.3 Å². The summed E-state index contributed by atoms with van der Waals surface area (Å²) < 4.78 is 13.2. The van der Waals surface area contributed by atoms with Gasteiger partial charge in [-0.3, -0.25) is 0 Å². The Bertz CT molecular complexity index is 422. The lowest BCUT2D eigenvalue weighted by Gasteiger charge is -2.34. The van der Waals surface area contributed by atoms with Crippen molar-refractivity contribution >= 4 is 11.6 Å². The monoisotopic (exact) mass is 313 g/mol. The zero-order chi connectivity index (χ0) is 15.7. The molecule has 120 valence electrons. The maximum atomic E-state index is 13.2. The molecule has 1 unspecified atom stereocenters. The lowest BCUT2D eigenvalue weighted by atomic mass is 9.75. The Kier molecular flexibility index (Phi) is 8.28. The number of hydrogen-bond acceptors (Lipinski definition) is 1. The average Bonchev–Trinajstić information content (AvgIpc) is 2.47. The highest BCUT2D eigenvalue weighted by atomic mass is 35.5. The van der Waals surface area contributed by atoms with Crippen LogP contribution in [0.5, 0.6) is 0 Å². The van der Waals surface area contributed by atoms with E-state index < -0.39 is 0 Å². The van der Waals surface area contributed by atoms with Crippen LogP contribution in [0.4, 0.5) is 4.39 Å². The highest BCUT2D eigenvalue weighted by Crippen LogP contribution is 2.35. The Morgan fingerprint density at radius 2 is 1.95 bits per heavy atom. The van der Waals surface area contributed by atoms with Crippen molar-refractivity contribution in [1.29, 1.82) is 0 Å². The van der Waals surface area contributed by atoms with Crippen molar-refractivity contribution in [2.24, 2.45) is 5.41 Å². The fourth-order valence-corrected chi connectivity index (χ4v) is 3.05. The van der Waals surface area contributed by atoms with Crippen LogP contribution in [-0.2, 0) is 6.42 Å². The molecule has 1 rings (SSSR count). The fraction of sp³-hybridized carbons (Fsp3) is 0.667. The van der Waals surface area contributed by atoms with Crippen LogP contribution in [0.1, 0.15) is 58.4 Å². The zero-order valence-electron chi connectivity index (χ0n) is 13.6.